The van der Waals surface area contributed by atoms with Gasteiger partial charge >= 0.3 is 5.97 Å². The Morgan fingerprint density at radius 2 is 2.30 bits per heavy atom. The van der Waals surface area contributed by atoms with Gasteiger partial charge in [0.25, 0.3) is 0 Å². The molecule has 2 atom stereocenters. The predicted molar refractivity (Wildman–Crippen MR) is 101 cm³/mol. The third-order valence-electron chi connectivity index (χ3n) is 4.71. The zero-order valence-electron chi connectivity index (χ0n) is 14.6. The molecule has 1 aromatic carbocycles. The van der Waals surface area contributed by atoms with Crippen molar-refractivity contribution in [3.8, 4) is 0 Å². The molecule has 9 heteroatoms. The first-order chi connectivity index (χ1) is 13.1. The molecular weight excluding hydrogens is 391 g/mol. The van der Waals surface area contributed by atoms with Crippen molar-refractivity contribution < 1.29 is 14.3 Å². The second-order valence-corrected chi connectivity index (χ2v) is 7.26. The van der Waals surface area contributed by atoms with E-state index in [0.29, 0.717) is 39.4 Å². The summed E-state index contributed by atoms with van der Waals surface area (Å²) in [7, 11) is 0. The highest BCUT2D eigenvalue weighted by Crippen LogP contribution is 2.40. The molecule has 0 bridgehead atoms. The first-order valence-corrected chi connectivity index (χ1v) is 9.41. The Kier molecular flexibility index (Phi) is 5.08. The van der Waals surface area contributed by atoms with E-state index in [0.717, 1.165) is 12.8 Å². The molecule has 1 fully saturated rings. The summed E-state index contributed by atoms with van der Waals surface area (Å²) in [5.41, 5.74) is 1.70. The van der Waals surface area contributed by atoms with Gasteiger partial charge in [0.1, 0.15) is 19.0 Å². The fraction of sp³-hybridized carbons (Fsp3) is 0.389. The zero-order valence-corrected chi connectivity index (χ0v) is 16.1. The molecule has 3 heterocycles. The van der Waals surface area contributed by atoms with Gasteiger partial charge in [0.2, 0.25) is 5.95 Å². The number of esters is 1. The largest absolute Gasteiger partial charge is 0.459 e. The van der Waals surface area contributed by atoms with Crippen molar-refractivity contribution >= 4 is 35.1 Å². The van der Waals surface area contributed by atoms with E-state index in [4.69, 9.17) is 32.7 Å². The van der Waals surface area contributed by atoms with Crippen LogP contribution in [0.25, 0.3) is 0 Å². The maximum atomic E-state index is 13.0. The molecule has 4 rings (SSSR count). The average Bonchev–Trinajstić information content (AvgIpc) is 3.32. The molecule has 2 aromatic rings. The van der Waals surface area contributed by atoms with E-state index < -0.39 is 12.0 Å². The molecule has 0 unspecified atom stereocenters. The van der Waals surface area contributed by atoms with Crippen LogP contribution >= 0.6 is 23.2 Å². The van der Waals surface area contributed by atoms with Crippen molar-refractivity contribution in [3.63, 3.8) is 0 Å². The molecule has 0 amide bonds. The van der Waals surface area contributed by atoms with Gasteiger partial charge in [-0.05, 0) is 25.8 Å². The number of rotatable bonds is 4. The lowest BCUT2D eigenvalue weighted by molar-refractivity contribution is -0.142. The summed E-state index contributed by atoms with van der Waals surface area (Å²) in [5, 5.41) is 8.13. The van der Waals surface area contributed by atoms with E-state index in [1.54, 1.807) is 23.7 Å². The van der Waals surface area contributed by atoms with Crippen molar-refractivity contribution in [1.29, 1.82) is 0 Å². The molecule has 0 spiro atoms. The van der Waals surface area contributed by atoms with Crippen molar-refractivity contribution in [1.82, 2.24) is 14.8 Å². The molecule has 27 heavy (non-hydrogen) atoms. The van der Waals surface area contributed by atoms with E-state index in [-0.39, 0.29) is 12.7 Å². The van der Waals surface area contributed by atoms with Crippen LogP contribution in [0.2, 0.25) is 10.0 Å². The van der Waals surface area contributed by atoms with Crippen LogP contribution < -0.4 is 5.32 Å². The molecule has 1 N–H and O–H groups in total. The minimum absolute atomic E-state index is 0.0541. The Hall–Kier alpha value is -2.09. The van der Waals surface area contributed by atoms with Crippen LogP contribution in [-0.4, -0.2) is 40.1 Å². The Morgan fingerprint density at radius 3 is 3.07 bits per heavy atom. The second-order valence-electron chi connectivity index (χ2n) is 6.47. The number of nitrogens with zero attached hydrogens (tertiary/aromatic N) is 3. The van der Waals surface area contributed by atoms with Crippen LogP contribution in [0.15, 0.2) is 35.8 Å². The monoisotopic (exact) mass is 408 g/mol. The lowest BCUT2D eigenvalue weighted by Crippen LogP contribution is -2.31. The standard InChI is InChI=1S/C18H18Cl2N4O3/c1-10-14(17(25)27-8-11-4-3-7-26-11)16(24-18(23-10)21-9-22-24)12-5-2-6-13(19)15(12)20/h2,5-6,9,11,16H,3-4,7-8H2,1H3,(H,21,22,23)/t11-,16+/m0/s1. The van der Waals surface area contributed by atoms with Gasteiger partial charge in [0, 0.05) is 17.9 Å². The summed E-state index contributed by atoms with van der Waals surface area (Å²) in [5.74, 6) is 0.0712. The van der Waals surface area contributed by atoms with Crippen LogP contribution in [0.3, 0.4) is 0 Å². The van der Waals surface area contributed by atoms with Gasteiger partial charge in [-0.1, -0.05) is 35.3 Å². The van der Waals surface area contributed by atoms with Crippen LogP contribution in [-0.2, 0) is 14.3 Å². The van der Waals surface area contributed by atoms with E-state index in [1.165, 1.54) is 6.33 Å². The Bertz CT molecular complexity index is 906. The SMILES string of the molecule is CC1=C(C(=O)OC[C@@H]2CCCO2)[C@@H](c2cccc(Cl)c2Cl)n2ncnc2N1. The molecule has 1 aromatic heterocycles. The number of hydrogen-bond acceptors (Lipinski definition) is 6. The summed E-state index contributed by atoms with van der Waals surface area (Å²) >= 11 is 12.7. The van der Waals surface area contributed by atoms with Crippen molar-refractivity contribution in [2.24, 2.45) is 0 Å². The zero-order chi connectivity index (χ0) is 19.0. The van der Waals surface area contributed by atoms with Gasteiger partial charge in [0.05, 0.1) is 21.7 Å². The molecular formula is C18H18Cl2N4O3. The molecule has 2 aliphatic rings. The quantitative estimate of drug-likeness (QED) is 0.778. The van der Waals surface area contributed by atoms with E-state index in [2.05, 4.69) is 15.4 Å². The topological polar surface area (TPSA) is 78.3 Å². The summed E-state index contributed by atoms with van der Waals surface area (Å²) in [6.07, 6.45) is 3.23. The lowest BCUT2D eigenvalue weighted by atomic mass is 9.95. The molecule has 0 aliphatic carbocycles. The van der Waals surface area contributed by atoms with Crippen LogP contribution in [0, 0.1) is 0 Å². The van der Waals surface area contributed by atoms with Crippen LogP contribution in [0.4, 0.5) is 5.95 Å². The Balaban J connectivity index is 1.70. The number of allylic oxidation sites excluding steroid dienone is 1. The van der Waals surface area contributed by atoms with Gasteiger partial charge in [-0.3, -0.25) is 0 Å². The van der Waals surface area contributed by atoms with Gasteiger partial charge in [0.15, 0.2) is 0 Å². The van der Waals surface area contributed by atoms with Gasteiger partial charge in [-0.25, -0.2) is 9.48 Å². The second kappa shape index (κ2) is 7.50. The normalized spacial score (nSPS) is 21.7. The summed E-state index contributed by atoms with van der Waals surface area (Å²) in [6.45, 7) is 2.72. The summed E-state index contributed by atoms with van der Waals surface area (Å²) in [4.78, 5) is 17.2. The van der Waals surface area contributed by atoms with Crippen LogP contribution in [0.5, 0.6) is 0 Å². The van der Waals surface area contributed by atoms with E-state index in [9.17, 15) is 4.79 Å². The molecule has 142 valence electrons. The fourth-order valence-corrected chi connectivity index (χ4v) is 3.81. The first-order valence-electron chi connectivity index (χ1n) is 8.66. The smallest absolute Gasteiger partial charge is 0.338 e. The number of nitrogens with one attached hydrogen (secondary N) is 1. The molecule has 1 saturated heterocycles. The third kappa shape index (κ3) is 3.42. The average molecular weight is 409 g/mol. The van der Waals surface area contributed by atoms with Gasteiger partial charge in [-0.2, -0.15) is 10.1 Å². The highest BCUT2D eigenvalue weighted by molar-refractivity contribution is 6.42. The molecule has 2 aliphatic heterocycles. The number of fused-ring (bicyclic) bond motifs is 1. The maximum absolute atomic E-state index is 13.0. The lowest BCUT2D eigenvalue weighted by Gasteiger charge is -2.29. The highest BCUT2D eigenvalue weighted by atomic mass is 35.5. The number of aromatic nitrogens is 3. The number of hydrogen-bond donors (Lipinski definition) is 1. The van der Waals surface area contributed by atoms with Gasteiger partial charge in [-0.15, -0.1) is 0 Å². The number of anilines is 1. The number of carbonyl (C=O) groups excluding carboxylic acids is 1. The summed E-state index contributed by atoms with van der Waals surface area (Å²) < 4.78 is 12.7. The van der Waals surface area contributed by atoms with Crippen molar-refractivity contribution in [2.75, 3.05) is 18.5 Å². The molecule has 7 nitrogen and oxygen atoms in total. The third-order valence-corrected chi connectivity index (χ3v) is 5.55. The first kappa shape index (κ1) is 18.3. The molecule has 0 saturated carbocycles. The Labute approximate surface area is 166 Å². The van der Waals surface area contributed by atoms with E-state index in [1.807, 2.05) is 6.07 Å². The number of halogens is 2. The van der Waals surface area contributed by atoms with Crippen molar-refractivity contribution in [3.05, 3.63) is 51.4 Å². The van der Waals surface area contributed by atoms with Crippen LogP contribution in [0.1, 0.15) is 31.4 Å². The Morgan fingerprint density at radius 1 is 1.44 bits per heavy atom. The molecule has 0 radical (unpaired) electrons. The van der Waals surface area contributed by atoms with E-state index >= 15 is 0 Å². The predicted octanol–water partition coefficient (Wildman–Crippen LogP) is 3.60. The van der Waals surface area contributed by atoms with Crippen molar-refractivity contribution in [2.45, 2.75) is 31.9 Å². The number of carbonyl (C=O) groups is 1. The van der Waals surface area contributed by atoms with Gasteiger partial charge < -0.3 is 14.8 Å². The number of ether oxygens (including phenoxy) is 2. The minimum atomic E-state index is -0.591. The highest BCUT2D eigenvalue weighted by Gasteiger charge is 2.36. The fourth-order valence-electron chi connectivity index (χ4n) is 3.40. The minimum Gasteiger partial charge on any atom is -0.459 e. The number of benzene rings is 1. The summed E-state index contributed by atoms with van der Waals surface area (Å²) in [6, 6.07) is 4.71. The maximum Gasteiger partial charge on any atom is 0.338 e.